The SMILES string of the molecule is CCCNc1nccc(-c2ccc(Cl)c(Cl)c2)n1. The second kappa shape index (κ2) is 6.03. The van der Waals surface area contributed by atoms with Crippen molar-refractivity contribution in [1.29, 1.82) is 0 Å². The summed E-state index contributed by atoms with van der Waals surface area (Å²) >= 11 is 11.9. The molecule has 0 amide bonds. The van der Waals surface area contributed by atoms with Crippen LogP contribution in [-0.4, -0.2) is 16.5 Å². The van der Waals surface area contributed by atoms with Crippen molar-refractivity contribution in [2.45, 2.75) is 13.3 Å². The normalized spacial score (nSPS) is 10.4. The molecule has 0 bridgehead atoms. The molecule has 0 unspecified atom stereocenters. The van der Waals surface area contributed by atoms with Gasteiger partial charge >= 0.3 is 0 Å². The average Bonchev–Trinajstić information content (AvgIpc) is 2.40. The number of anilines is 1. The van der Waals surface area contributed by atoms with Crippen LogP contribution >= 0.6 is 23.2 Å². The number of nitrogens with zero attached hydrogens (tertiary/aromatic N) is 2. The molecule has 0 spiro atoms. The van der Waals surface area contributed by atoms with E-state index in [1.54, 1.807) is 18.3 Å². The lowest BCUT2D eigenvalue weighted by molar-refractivity contribution is 0.953. The predicted molar refractivity (Wildman–Crippen MR) is 76.3 cm³/mol. The number of halogens is 2. The maximum Gasteiger partial charge on any atom is 0.223 e. The van der Waals surface area contributed by atoms with Crippen LogP contribution < -0.4 is 5.32 Å². The van der Waals surface area contributed by atoms with Gasteiger partial charge in [-0.2, -0.15) is 0 Å². The summed E-state index contributed by atoms with van der Waals surface area (Å²) < 4.78 is 0. The Bertz CT molecular complexity index is 544. The lowest BCUT2D eigenvalue weighted by Gasteiger charge is -2.06. The van der Waals surface area contributed by atoms with Gasteiger partial charge in [-0.25, -0.2) is 9.97 Å². The Morgan fingerprint density at radius 2 is 2.00 bits per heavy atom. The van der Waals surface area contributed by atoms with Gasteiger partial charge in [0.05, 0.1) is 15.7 Å². The molecule has 1 aromatic carbocycles. The van der Waals surface area contributed by atoms with Crippen LogP contribution in [0.2, 0.25) is 10.0 Å². The van der Waals surface area contributed by atoms with Gasteiger partial charge in [0, 0.05) is 18.3 Å². The summed E-state index contributed by atoms with van der Waals surface area (Å²) in [6.07, 6.45) is 2.75. The van der Waals surface area contributed by atoms with E-state index >= 15 is 0 Å². The van der Waals surface area contributed by atoms with Crippen molar-refractivity contribution >= 4 is 29.2 Å². The summed E-state index contributed by atoms with van der Waals surface area (Å²) in [4.78, 5) is 8.59. The topological polar surface area (TPSA) is 37.8 Å². The van der Waals surface area contributed by atoms with Crippen LogP contribution in [0.15, 0.2) is 30.5 Å². The first-order chi connectivity index (χ1) is 8.70. The quantitative estimate of drug-likeness (QED) is 0.909. The van der Waals surface area contributed by atoms with Gasteiger partial charge in [-0.1, -0.05) is 36.2 Å². The Morgan fingerprint density at radius 3 is 2.72 bits per heavy atom. The maximum absolute atomic E-state index is 6.00. The van der Waals surface area contributed by atoms with Crippen molar-refractivity contribution in [3.63, 3.8) is 0 Å². The molecular weight excluding hydrogens is 269 g/mol. The molecule has 3 nitrogen and oxygen atoms in total. The Labute approximate surface area is 116 Å². The third kappa shape index (κ3) is 3.12. The highest BCUT2D eigenvalue weighted by molar-refractivity contribution is 6.42. The van der Waals surface area contributed by atoms with Crippen molar-refractivity contribution in [3.8, 4) is 11.3 Å². The minimum absolute atomic E-state index is 0.524. The Hall–Kier alpha value is -1.32. The van der Waals surface area contributed by atoms with Crippen molar-refractivity contribution in [2.75, 3.05) is 11.9 Å². The molecule has 1 aromatic heterocycles. The molecule has 1 N–H and O–H groups in total. The summed E-state index contributed by atoms with van der Waals surface area (Å²) in [6, 6.07) is 7.30. The molecule has 0 aliphatic carbocycles. The van der Waals surface area contributed by atoms with Gasteiger partial charge in [0.1, 0.15) is 0 Å². The van der Waals surface area contributed by atoms with Crippen LogP contribution in [-0.2, 0) is 0 Å². The second-order valence-electron chi connectivity index (χ2n) is 3.82. The first-order valence-corrected chi connectivity index (χ1v) is 6.48. The first kappa shape index (κ1) is 13.1. The van der Waals surface area contributed by atoms with Crippen molar-refractivity contribution in [2.24, 2.45) is 0 Å². The van der Waals surface area contributed by atoms with E-state index in [-0.39, 0.29) is 0 Å². The Morgan fingerprint density at radius 1 is 1.17 bits per heavy atom. The van der Waals surface area contributed by atoms with Gasteiger partial charge in [-0.05, 0) is 24.6 Å². The van der Waals surface area contributed by atoms with Crippen molar-refractivity contribution < 1.29 is 0 Å². The molecule has 0 aliphatic heterocycles. The number of aromatic nitrogens is 2. The first-order valence-electron chi connectivity index (χ1n) is 5.73. The van der Waals surface area contributed by atoms with Gasteiger partial charge in [0.2, 0.25) is 5.95 Å². The fraction of sp³-hybridized carbons (Fsp3) is 0.231. The van der Waals surface area contributed by atoms with Crippen molar-refractivity contribution in [3.05, 3.63) is 40.5 Å². The molecular formula is C13H13Cl2N3. The van der Waals surface area contributed by atoms with E-state index in [1.165, 1.54) is 0 Å². The van der Waals surface area contributed by atoms with Gasteiger partial charge in [0.15, 0.2) is 0 Å². The standard InChI is InChI=1S/C13H13Cl2N3/c1-2-6-16-13-17-7-5-12(18-13)9-3-4-10(14)11(15)8-9/h3-5,7-8H,2,6H2,1H3,(H,16,17,18). The summed E-state index contributed by atoms with van der Waals surface area (Å²) in [7, 11) is 0. The van der Waals surface area contributed by atoms with Gasteiger partial charge < -0.3 is 5.32 Å². The van der Waals surface area contributed by atoms with Crippen LogP contribution in [0.5, 0.6) is 0 Å². The zero-order valence-corrected chi connectivity index (χ0v) is 11.5. The van der Waals surface area contributed by atoms with E-state index in [0.717, 1.165) is 24.2 Å². The van der Waals surface area contributed by atoms with Gasteiger partial charge in [0.25, 0.3) is 0 Å². The molecule has 0 atom stereocenters. The predicted octanol–water partition coefficient (Wildman–Crippen LogP) is 4.27. The second-order valence-corrected chi connectivity index (χ2v) is 4.64. The van der Waals surface area contributed by atoms with Crippen LogP contribution in [0.1, 0.15) is 13.3 Å². The van der Waals surface area contributed by atoms with Gasteiger partial charge in [-0.3, -0.25) is 0 Å². The molecule has 0 saturated heterocycles. The van der Waals surface area contributed by atoms with Crippen LogP contribution in [0.3, 0.4) is 0 Å². The highest BCUT2D eigenvalue weighted by Gasteiger charge is 2.04. The third-order valence-electron chi connectivity index (χ3n) is 2.40. The fourth-order valence-corrected chi connectivity index (χ4v) is 1.79. The Kier molecular flexibility index (Phi) is 4.39. The molecule has 0 fully saturated rings. The van der Waals surface area contributed by atoms with Crippen molar-refractivity contribution in [1.82, 2.24) is 9.97 Å². The molecule has 5 heteroatoms. The van der Waals surface area contributed by atoms with Crippen LogP contribution in [0.25, 0.3) is 11.3 Å². The molecule has 0 radical (unpaired) electrons. The summed E-state index contributed by atoms with van der Waals surface area (Å²) in [5.41, 5.74) is 1.74. The number of nitrogens with one attached hydrogen (secondary N) is 1. The summed E-state index contributed by atoms with van der Waals surface area (Å²) in [5, 5.41) is 4.21. The molecule has 0 aliphatic rings. The van der Waals surface area contributed by atoms with E-state index < -0.39 is 0 Å². The van der Waals surface area contributed by atoms with Gasteiger partial charge in [-0.15, -0.1) is 0 Å². The van der Waals surface area contributed by atoms with E-state index in [1.807, 2.05) is 12.1 Å². The van der Waals surface area contributed by atoms with E-state index in [9.17, 15) is 0 Å². The minimum atomic E-state index is 0.524. The summed E-state index contributed by atoms with van der Waals surface area (Å²) in [5.74, 6) is 0.625. The molecule has 1 heterocycles. The Balaban J connectivity index is 2.29. The largest absolute Gasteiger partial charge is 0.354 e. The number of rotatable bonds is 4. The van der Waals surface area contributed by atoms with Crippen LogP contribution in [0, 0.1) is 0 Å². The molecule has 2 aromatic rings. The lowest BCUT2D eigenvalue weighted by Crippen LogP contribution is -2.04. The fourth-order valence-electron chi connectivity index (χ4n) is 1.50. The van der Waals surface area contributed by atoms with E-state index in [4.69, 9.17) is 23.2 Å². The van der Waals surface area contributed by atoms with Crippen LogP contribution in [0.4, 0.5) is 5.95 Å². The molecule has 18 heavy (non-hydrogen) atoms. The molecule has 0 saturated carbocycles. The van der Waals surface area contributed by atoms with E-state index in [0.29, 0.717) is 16.0 Å². The number of hydrogen-bond donors (Lipinski definition) is 1. The lowest BCUT2D eigenvalue weighted by atomic mass is 10.1. The number of benzene rings is 1. The van der Waals surface area contributed by atoms with E-state index in [2.05, 4.69) is 22.2 Å². The molecule has 2 rings (SSSR count). The zero-order chi connectivity index (χ0) is 13.0. The minimum Gasteiger partial charge on any atom is -0.354 e. The highest BCUT2D eigenvalue weighted by atomic mass is 35.5. The number of hydrogen-bond acceptors (Lipinski definition) is 3. The smallest absolute Gasteiger partial charge is 0.223 e. The zero-order valence-electron chi connectivity index (χ0n) is 9.95. The highest BCUT2D eigenvalue weighted by Crippen LogP contribution is 2.27. The summed E-state index contributed by atoms with van der Waals surface area (Å²) in [6.45, 7) is 2.95. The maximum atomic E-state index is 6.00. The third-order valence-corrected chi connectivity index (χ3v) is 3.14. The monoisotopic (exact) mass is 281 g/mol. The average molecular weight is 282 g/mol. The molecule has 94 valence electrons.